The molecule has 2 aromatic rings. The van der Waals surface area contributed by atoms with Gasteiger partial charge in [-0.1, -0.05) is 73.9 Å². The molecule has 14 atom stereocenters. The van der Waals surface area contributed by atoms with Crippen molar-refractivity contribution in [2.45, 2.75) is 180 Å². The van der Waals surface area contributed by atoms with Crippen LogP contribution in [0.4, 0.5) is 10.5 Å². The van der Waals surface area contributed by atoms with Crippen molar-refractivity contribution in [3.05, 3.63) is 58.6 Å². The number of urea groups is 1. The van der Waals surface area contributed by atoms with E-state index in [9.17, 15) is 47.9 Å². The first-order chi connectivity index (χ1) is 42.4. The molecule has 0 spiro atoms. The van der Waals surface area contributed by atoms with Gasteiger partial charge in [-0.05, 0) is 92.2 Å². The second kappa shape index (κ2) is 33.8. The van der Waals surface area contributed by atoms with Gasteiger partial charge in [-0.25, -0.2) is 9.78 Å². The number of rotatable bonds is 35. The summed E-state index contributed by atoms with van der Waals surface area (Å²) in [6.07, 6.45) is 7.00. The zero-order chi connectivity index (χ0) is 65.2. The third-order valence-electron chi connectivity index (χ3n) is 18.1. The van der Waals surface area contributed by atoms with Crippen LogP contribution in [0.25, 0.3) is 0 Å². The molecule has 89 heavy (non-hydrogen) atoms. The van der Waals surface area contributed by atoms with E-state index in [1.165, 1.54) is 30.6 Å². The predicted octanol–water partition coefficient (Wildman–Crippen LogP) is 3.34. The monoisotopic (exact) mass is 1260 g/mol. The van der Waals surface area contributed by atoms with Gasteiger partial charge in [0, 0.05) is 76.2 Å². The van der Waals surface area contributed by atoms with Crippen molar-refractivity contribution < 1.29 is 62.2 Å². The molecule has 0 radical (unpaired) electrons. The lowest BCUT2D eigenvalue weighted by Crippen LogP contribution is -2.59. The number of thiazole rings is 1. The van der Waals surface area contributed by atoms with Crippen molar-refractivity contribution >= 4 is 76.2 Å². The first kappa shape index (κ1) is 71.2. The second-order valence-electron chi connectivity index (χ2n) is 24.8. The molecule has 1 saturated carbocycles. The Labute approximate surface area is 527 Å². The van der Waals surface area contributed by atoms with Crippen LogP contribution in [0.3, 0.4) is 0 Å². The number of aromatic nitrogens is 1. The highest BCUT2D eigenvalue weighted by Gasteiger charge is 2.49. The van der Waals surface area contributed by atoms with Gasteiger partial charge in [-0.3, -0.25) is 48.1 Å². The Kier molecular flexibility index (Phi) is 27.0. The van der Waals surface area contributed by atoms with Gasteiger partial charge in [0.25, 0.3) is 11.8 Å². The number of carbonyl (C=O) groups is 10. The Morgan fingerprint density at radius 2 is 1.60 bits per heavy atom. The maximum Gasteiger partial charge on any atom is 0.312 e. The number of methoxy groups -OCH3 is 2. The van der Waals surface area contributed by atoms with Crippen molar-refractivity contribution in [1.82, 2.24) is 51.6 Å². The maximum absolute atomic E-state index is 14.7. The molecule has 4 heterocycles. The third kappa shape index (κ3) is 19.1. The standard InChI is InChI=1S/C63H96N12O13S/c1-12-37(6)55(73(9)62(84)53(36(4)5)72-60(83)54-42-20-21-43(68-54)38(42)7)47(86-10)34-51(79)74-27-15-19-46(74)56(87-11)39(8)57(80)70-45(61-65-26-31-89-61)33-40-16-13-17-41(32-40)67-58(81)44(18-14-25-66-63(64)85)69-59(82)52(35(2)3)71-48(76)24-29-88-30-28-75-49(77)22-23-50(75)78/h13,16-17,22-23,26,31-32,35-39,42-47,52-56,68H,12,14-15,18-21,24-25,27-30,33-34H2,1-11H3,(H,67,81)(H,69,82)(H,70,80)(H,71,76)(H,72,83)(H3,64,66,85)/t37-,38-,39+,42-,43-,44-,45-,46-,47+,52-,53-,54-,55-,56+/m0/s1. The Morgan fingerprint density at radius 3 is 2.20 bits per heavy atom. The quantitative estimate of drug-likeness (QED) is 0.0363. The fourth-order valence-electron chi connectivity index (χ4n) is 12.9. The molecule has 25 nitrogen and oxygen atoms in total. The number of piperidine rings is 1. The van der Waals surface area contributed by atoms with Crippen LogP contribution in [0.1, 0.15) is 130 Å². The molecular formula is C63H96N12O13S. The number of primary amides is 1. The summed E-state index contributed by atoms with van der Waals surface area (Å²) >= 11 is 1.36. The molecule has 1 aromatic carbocycles. The van der Waals surface area contributed by atoms with Gasteiger partial charge in [-0.15, -0.1) is 11.3 Å². The average Bonchev–Trinajstić information content (AvgIpc) is 2.48. The number of hydrogen-bond donors (Lipinski definition) is 8. The van der Waals surface area contributed by atoms with E-state index < -0.39 is 95.9 Å². The van der Waals surface area contributed by atoms with Crippen molar-refractivity contribution in [3.8, 4) is 0 Å². The fraction of sp³-hybridized carbons (Fsp3) is 0.667. The molecule has 0 unspecified atom stereocenters. The molecule has 3 aliphatic heterocycles. The van der Waals surface area contributed by atoms with Gasteiger partial charge in [0.05, 0.1) is 68.5 Å². The number of benzene rings is 1. The highest BCUT2D eigenvalue weighted by molar-refractivity contribution is 7.09. The van der Waals surface area contributed by atoms with Crippen LogP contribution in [0.2, 0.25) is 0 Å². The molecule has 3 fully saturated rings. The van der Waals surface area contributed by atoms with E-state index in [-0.39, 0.29) is 106 Å². The Hall–Kier alpha value is -6.87. The number of nitrogens with zero attached hydrogens (tertiary/aromatic N) is 4. The highest BCUT2D eigenvalue weighted by Crippen LogP contribution is 2.41. The molecule has 2 bridgehead atoms. The summed E-state index contributed by atoms with van der Waals surface area (Å²) in [6, 6.07) is 1.68. The second-order valence-corrected chi connectivity index (χ2v) is 25.7. The number of ether oxygens (including phenoxy) is 3. The summed E-state index contributed by atoms with van der Waals surface area (Å²) in [6.45, 7) is 15.9. The van der Waals surface area contributed by atoms with Gasteiger partial charge >= 0.3 is 6.03 Å². The van der Waals surface area contributed by atoms with Crippen LogP contribution < -0.4 is 43.0 Å². The molecule has 11 amide bonds. The molecule has 492 valence electrons. The van der Waals surface area contributed by atoms with E-state index in [4.69, 9.17) is 19.9 Å². The van der Waals surface area contributed by atoms with E-state index in [1.54, 1.807) is 69.1 Å². The average molecular weight is 1260 g/mol. The van der Waals surface area contributed by atoms with Crippen LogP contribution in [0.5, 0.6) is 0 Å². The maximum atomic E-state index is 14.7. The van der Waals surface area contributed by atoms with E-state index >= 15 is 0 Å². The number of carbonyl (C=O) groups excluding carboxylic acids is 10. The number of hydrogen-bond acceptors (Lipinski definition) is 16. The summed E-state index contributed by atoms with van der Waals surface area (Å²) in [5.41, 5.74) is 6.40. The van der Waals surface area contributed by atoms with Crippen molar-refractivity contribution in [2.75, 3.05) is 59.4 Å². The number of likely N-dealkylation sites (N-methyl/N-ethyl adjacent to an activating group) is 1. The van der Waals surface area contributed by atoms with Crippen LogP contribution in [0, 0.1) is 35.5 Å². The van der Waals surface area contributed by atoms with Crippen molar-refractivity contribution in [1.29, 1.82) is 0 Å². The molecule has 26 heteroatoms. The van der Waals surface area contributed by atoms with Gasteiger partial charge < -0.3 is 67.0 Å². The summed E-state index contributed by atoms with van der Waals surface area (Å²) in [5, 5.41) is 23.1. The SMILES string of the molecule is CC[C@H](C)[C@@H]([C@@H](CC(=O)N1CCC[C@H]1[C@H](OC)[C@@H](C)C(=O)N[C@@H](Cc1cccc(NC(=O)[C@H](CCCNC(N)=O)NC(=O)[C@@H](NC(=O)CCOCCN2C(=O)C=CC2=O)C(C)C)c1)c1nccs1)OC)N(C)C(=O)[C@@H](NC(=O)[C@H]1N[C@H]2CC[C@H]1[C@@H]2C)C(C)C. The molecule has 2 saturated heterocycles. The van der Waals surface area contributed by atoms with Crippen molar-refractivity contribution in [3.63, 3.8) is 0 Å². The van der Waals surface area contributed by atoms with Crippen LogP contribution in [-0.4, -0.2) is 187 Å². The summed E-state index contributed by atoms with van der Waals surface area (Å²) < 4.78 is 17.7. The number of anilines is 1. The number of nitrogens with one attached hydrogen (secondary N) is 7. The minimum Gasteiger partial charge on any atom is -0.379 e. The molecule has 1 aliphatic carbocycles. The minimum absolute atomic E-state index is 0.0154. The predicted molar refractivity (Wildman–Crippen MR) is 334 cm³/mol. The van der Waals surface area contributed by atoms with Gasteiger partial charge in [-0.2, -0.15) is 0 Å². The fourth-order valence-corrected chi connectivity index (χ4v) is 13.6. The topological polar surface area (TPSA) is 331 Å². The highest BCUT2D eigenvalue weighted by atomic mass is 32.1. The van der Waals surface area contributed by atoms with E-state index in [2.05, 4.69) is 49.1 Å². The lowest BCUT2D eigenvalue weighted by Gasteiger charge is -2.41. The van der Waals surface area contributed by atoms with Gasteiger partial charge in [0.15, 0.2) is 0 Å². The van der Waals surface area contributed by atoms with Crippen LogP contribution >= 0.6 is 11.3 Å². The first-order valence-corrected chi connectivity index (χ1v) is 32.3. The lowest BCUT2D eigenvalue weighted by molar-refractivity contribution is -0.147. The third-order valence-corrected chi connectivity index (χ3v) is 19.0. The number of fused-ring (bicyclic) bond motifs is 2. The Balaban J connectivity index is 1.08. The van der Waals surface area contributed by atoms with Gasteiger partial charge in [0.1, 0.15) is 23.1 Å². The number of amides is 11. The number of imide groups is 1. The molecule has 4 aliphatic rings. The molecule has 1 aromatic heterocycles. The zero-order valence-electron chi connectivity index (χ0n) is 53.5. The molecular weight excluding hydrogens is 1160 g/mol. The van der Waals surface area contributed by atoms with E-state index in [0.29, 0.717) is 48.5 Å². The normalized spacial score (nSPS) is 21.8. The van der Waals surface area contributed by atoms with E-state index in [1.807, 2.05) is 39.1 Å². The molecule has 6 rings (SSSR count). The summed E-state index contributed by atoms with van der Waals surface area (Å²) in [5.74, 6) is -4.34. The minimum atomic E-state index is -1.13. The Morgan fingerprint density at radius 1 is 0.876 bits per heavy atom. The zero-order valence-corrected chi connectivity index (χ0v) is 54.4. The smallest absolute Gasteiger partial charge is 0.312 e. The Bertz CT molecular complexity index is 2790. The number of nitrogens with two attached hydrogens (primary N) is 1. The van der Waals surface area contributed by atoms with Gasteiger partial charge in [0.2, 0.25) is 41.4 Å². The first-order valence-electron chi connectivity index (χ1n) is 31.4. The van der Waals surface area contributed by atoms with Crippen molar-refractivity contribution in [2.24, 2.45) is 41.2 Å². The summed E-state index contributed by atoms with van der Waals surface area (Å²) in [7, 11) is 4.81. The van der Waals surface area contributed by atoms with Crippen LogP contribution in [0.15, 0.2) is 48.0 Å². The molecule has 9 N–H and O–H groups in total. The largest absolute Gasteiger partial charge is 0.379 e. The lowest BCUT2D eigenvalue weighted by atomic mass is 9.89. The number of likely N-dealkylation sites (tertiary alicyclic amines) is 1. The van der Waals surface area contributed by atoms with Crippen LogP contribution in [-0.2, 0) is 63.8 Å². The summed E-state index contributed by atoms with van der Waals surface area (Å²) in [4.78, 5) is 143. The van der Waals surface area contributed by atoms with E-state index in [0.717, 1.165) is 23.3 Å².